The minimum absolute atomic E-state index is 0.412. The van der Waals surface area contributed by atoms with Gasteiger partial charge in [-0.3, -0.25) is 0 Å². The van der Waals surface area contributed by atoms with Gasteiger partial charge in [0, 0.05) is 11.5 Å². The number of fused-ring (bicyclic) bond motifs is 1. The van der Waals surface area contributed by atoms with E-state index in [4.69, 9.17) is 4.74 Å². The highest BCUT2D eigenvalue weighted by Crippen LogP contribution is 2.55. The summed E-state index contributed by atoms with van der Waals surface area (Å²) in [4.78, 5) is 2.64. The van der Waals surface area contributed by atoms with Gasteiger partial charge in [0.1, 0.15) is 12.4 Å². The lowest BCUT2D eigenvalue weighted by atomic mass is 9.52. The zero-order valence-electron chi connectivity index (χ0n) is 15.8. The Morgan fingerprint density at radius 3 is 2.85 bits per heavy atom. The zero-order chi connectivity index (χ0) is 17.6. The van der Waals surface area contributed by atoms with Crippen molar-refractivity contribution in [2.75, 3.05) is 13.6 Å². The Bertz CT molecular complexity index is 786. The third kappa shape index (κ3) is 2.58. The van der Waals surface area contributed by atoms with Crippen LogP contribution >= 0.6 is 0 Å². The number of hydrogen-bond donors (Lipinski definition) is 0. The highest BCUT2D eigenvalue weighted by Gasteiger charge is 2.53. The molecule has 1 aliphatic heterocycles. The zero-order valence-corrected chi connectivity index (χ0v) is 15.8. The normalized spacial score (nSPS) is 30.3. The molecule has 1 heterocycles. The maximum atomic E-state index is 6.18. The minimum Gasteiger partial charge on any atom is -0.489 e. The Labute approximate surface area is 157 Å². The summed E-state index contributed by atoms with van der Waals surface area (Å²) in [7, 11) is 2.34. The fourth-order valence-electron chi connectivity index (χ4n) is 6.01. The van der Waals surface area contributed by atoms with Crippen LogP contribution in [0.2, 0.25) is 0 Å². The summed E-state index contributed by atoms with van der Waals surface area (Å²) in [6, 6.07) is 18.2. The third-order valence-electron chi connectivity index (χ3n) is 7.33. The van der Waals surface area contributed by atoms with Crippen LogP contribution in [0.4, 0.5) is 0 Å². The lowest BCUT2D eigenvalue weighted by Gasteiger charge is -2.58. The maximum absolute atomic E-state index is 6.18. The molecule has 2 nitrogen and oxygen atoms in total. The lowest BCUT2D eigenvalue weighted by molar-refractivity contribution is 0.00270. The van der Waals surface area contributed by atoms with Gasteiger partial charge >= 0.3 is 0 Å². The molecule has 2 aromatic carbocycles. The van der Waals surface area contributed by atoms with Gasteiger partial charge in [-0.05, 0) is 74.0 Å². The molecule has 3 atom stereocenters. The van der Waals surface area contributed by atoms with E-state index in [-0.39, 0.29) is 0 Å². The first-order chi connectivity index (χ1) is 12.8. The van der Waals surface area contributed by atoms with Crippen LogP contribution in [-0.4, -0.2) is 24.5 Å². The average Bonchev–Trinajstić information content (AvgIpc) is 2.70. The van der Waals surface area contributed by atoms with E-state index in [1.807, 2.05) is 0 Å². The number of ether oxygens (including phenoxy) is 1. The SMILES string of the molecule is CN1CC[C@]23CCCC[C@H]2[C@H]1Cc1ccc(OCc2ccccc2)cc13. The van der Waals surface area contributed by atoms with E-state index in [0.717, 1.165) is 17.7 Å². The highest BCUT2D eigenvalue weighted by atomic mass is 16.5. The molecule has 1 saturated carbocycles. The first-order valence-corrected chi connectivity index (χ1v) is 10.3. The molecule has 2 heteroatoms. The van der Waals surface area contributed by atoms with Crippen LogP contribution in [0.25, 0.3) is 0 Å². The Morgan fingerprint density at radius 1 is 1.08 bits per heavy atom. The van der Waals surface area contributed by atoms with Gasteiger partial charge in [-0.15, -0.1) is 0 Å². The summed E-state index contributed by atoms with van der Waals surface area (Å²) in [6.07, 6.45) is 8.12. The number of benzene rings is 2. The third-order valence-corrected chi connectivity index (χ3v) is 7.33. The topological polar surface area (TPSA) is 12.5 Å². The monoisotopic (exact) mass is 347 g/mol. The largest absolute Gasteiger partial charge is 0.489 e. The van der Waals surface area contributed by atoms with Gasteiger partial charge in [-0.25, -0.2) is 0 Å². The second-order valence-corrected chi connectivity index (χ2v) is 8.60. The smallest absolute Gasteiger partial charge is 0.120 e. The molecular weight excluding hydrogens is 318 g/mol. The van der Waals surface area contributed by atoms with Crippen LogP contribution in [-0.2, 0) is 18.4 Å². The molecule has 0 N–H and O–H groups in total. The molecule has 136 valence electrons. The molecule has 0 amide bonds. The average molecular weight is 348 g/mol. The van der Waals surface area contributed by atoms with Crippen molar-refractivity contribution in [2.24, 2.45) is 5.92 Å². The van der Waals surface area contributed by atoms with Crippen LogP contribution in [0.5, 0.6) is 5.75 Å². The number of rotatable bonds is 3. The van der Waals surface area contributed by atoms with Gasteiger partial charge < -0.3 is 9.64 Å². The van der Waals surface area contributed by atoms with Gasteiger partial charge in [-0.2, -0.15) is 0 Å². The number of piperidine rings is 1. The Balaban J connectivity index is 1.47. The van der Waals surface area contributed by atoms with Gasteiger partial charge in [0.25, 0.3) is 0 Å². The van der Waals surface area contributed by atoms with Gasteiger partial charge in [0.05, 0.1) is 0 Å². The molecule has 0 unspecified atom stereocenters. The number of likely N-dealkylation sites (tertiary alicyclic amines) is 1. The summed E-state index contributed by atoms with van der Waals surface area (Å²) < 4.78 is 6.18. The van der Waals surface area contributed by atoms with Crippen molar-refractivity contribution in [2.45, 2.75) is 56.6 Å². The molecule has 2 aromatic rings. The van der Waals surface area contributed by atoms with E-state index in [2.05, 4.69) is 60.5 Å². The fourth-order valence-corrected chi connectivity index (χ4v) is 6.01. The van der Waals surface area contributed by atoms with Crippen molar-refractivity contribution in [1.82, 2.24) is 4.90 Å². The summed E-state index contributed by atoms with van der Waals surface area (Å²) >= 11 is 0. The molecule has 26 heavy (non-hydrogen) atoms. The Morgan fingerprint density at radius 2 is 1.96 bits per heavy atom. The molecule has 2 fully saturated rings. The van der Waals surface area contributed by atoms with Gasteiger partial charge in [0.15, 0.2) is 0 Å². The minimum atomic E-state index is 0.412. The predicted octanol–water partition coefficient (Wildman–Crippen LogP) is 4.95. The highest BCUT2D eigenvalue weighted by molar-refractivity contribution is 5.45. The molecule has 0 aromatic heterocycles. The van der Waals surface area contributed by atoms with E-state index in [9.17, 15) is 0 Å². The van der Waals surface area contributed by atoms with Crippen LogP contribution in [0, 0.1) is 5.92 Å². The summed E-state index contributed by atoms with van der Waals surface area (Å²) in [5.74, 6) is 1.88. The van der Waals surface area contributed by atoms with Crippen LogP contribution in [0.1, 0.15) is 48.8 Å². The Hall–Kier alpha value is -1.80. The fraction of sp³-hybridized carbons (Fsp3) is 0.500. The lowest BCUT2D eigenvalue weighted by Crippen LogP contribution is -2.59. The summed E-state index contributed by atoms with van der Waals surface area (Å²) in [5, 5.41) is 0. The van der Waals surface area contributed by atoms with E-state index >= 15 is 0 Å². The van der Waals surface area contributed by atoms with Crippen molar-refractivity contribution < 1.29 is 4.74 Å². The molecule has 2 bridgehead atoms. The van der Waals surface area contributed by atoms with E-state index in [0.29, 0.717) is 12.0 Å². The number of nitrogens with zero attached hydrogens (tertiary/aromatic N) is 1. The second kappa shape index (κ2) is 6.42. The van der Waals surface area contributed by atoms with Gasteiger partial charge in [-0.1, -0.05) is 49.2 Å². The molecular formula is C24H29NO. The van der Waals surface area contributed by atoms with E-state index < -0.39 is 0 Å². The van der Waals surface area contributed by atoms with Crippen molar-refractivity contribution in [1.29, 1.82) is 0 Å². The van der Waals surface area contributed by atoms with Crippen LogP contribution in [0.15, 0.2) is 48.5 Å². The summed E-state index contributed by atoms with van der Waals surface area (Å²) in [5.41, 5.74) is 4.84. The van der Waals surface area contributed by atoms with E-state index in [1.54, 1.807) is 11.1 Å². The van der Waals surface area contributed by atoms with Gasteiger partial charge in [0.2, 0.25) is 0 Å². The van der Waals surface area contributed by atoms with Crippen LogP contribution in [0.3, 0.4) is 0 Å². The molecule has 1 saturated heterocycles. The van der Waals surface area contributed by atoms with Crippen molar-refractivity contribution >= 4 is 0 Å². The number of likely N-dealkylation sites (N-methyl/N-ethyl adjacent to an activating group) is 1. The molecule has 3 aliphatic rings. The quantitative estimate of drug-likeness (QED) is 0.778. The summed E-state index contributed by atoms with van der Waals surface area (Å²) in [6.45, 7) is 1.90. The van der Waals surface area contributed by atoms with Crippen molar-refractivity contribution in [3.63, 3.8) is 0 Å². The maximum Gasteiger partial charge on any atom is 0.120 e. The predicted molar refractivity (Wildman–Crippen MR) is 106 cm³/mol. The molecule has 0 spiro atoms. The van der Waals surface area contributed by atoms with Crippen molar-refractivity contribution in [3.05, 3.63) is 65.2 Å². The first kappa shape index (κ1) is 16.4. The molecule has 0 radical (unpaired) electrons. The first-order valence-electron chi connectivity index (χ1n) is 10.3. The second-order valence-electron chi connectivity index (χ2n) is 8.60. The molecule has 5 rings (SSSR count). The standard InChI is InChI=1S/C24H29NO/c1-25-14-13-24-12-6-5-9-21(24)23(25)15-19-10-11-20(16-22(19)24)26-17-18-7-3-2-4-8-18/h2-4,7-8,10-11,16,21,23H,5-6,9,12-15,17H2,1H3/t21-,23+,24+/m0/s1. The van der Waals surface area contributed by atoms with E-state index in [1.165, 1.54) is 50.6 Å². The van der Waals surface area contributed by atoms with Crippen LogP contribution < -0.4 is 4.74 Å². The molecule has 2 aliphatic carbocycles. The number of hydrogen-bond acceptors (Lipinski definition) is 2. The Kier molecular flexibility index (Phi) is 4.04. The van der Waals surface area contributed by atoms with Crippen molar-refractivity contribution in [3.8, 4) is 5.75 Å².